The first-order valence-corrected chi connectivity index (χ1v) is 22.8. The lowest BCUT2D eigenvalue weighted by Gasteiger charge is -2.14. The van der Waals surface area contributed by atoms with Crippen LogP contribution in [0.15, 0.2) is 116 Å². The number of hydrogen-bond acceptors (Lipinski definition) is 0. The van der Waals surface area contributed by atoms with Crippen molar-refractivity contribution >= 4 is 0 Å². The monoisotopic (exact) mass is 785 g/mol. The number of rotatable bonds is 6. The van der Waals surface area contributed by atoms with E-state index in [-0.39, 0.29) is 0 Å². The fourth-order valence-electron chi connectivity index (χ4n) is 10.4. The Morgan fingerprint density at radius 3 is 1.25 bits per heavy atom. The summed E-state index contributed by atoms with van der Waals surface area (Å²) in [6.07, 6.45) is 23.6. The van der Waals surface area contributed by atoms with Gasteiger partial charge in [0.05, 0.1) is 0 Å². The Morgan fingerprint density at radius 1 is 0.356 bits per heavy atom. The van der Waals surface area contributed by atoms with E-state index < -0.39 is 0 Å². The van der Waals surface area contributed by atoms with E-state index in [1.807, 2.05) is 0 Å². The summed E-state index contributed by atoms with van der Waals surface area (Å²) in [5.74, 6) is 2.35. The molecule has 6 aromatic rings. The molecule has 0 atom stereocenters. The maximum atomic E-state index is 2.44. The van der Waals surface area contributed by atoms with E-state index >= 15 is 0 Å². The molecule has 0 N–H and O–H groups in total. The van der Waals surface area contributed by atoms with E-state index in [0.717, 1.165) is 17.8 Å². The van der Waals surface area contributed by atoms with Crippen molar-refractivity contribution in [2.45, 2.75) is 129 Å². The molecule has 3 aromatic carbocycles. The molecule has 306 valence electrons. The summed E-state index contributed by atoms with van der Waals surface area (Å²) in [4.78, 5) is 0. The first-order chi connectivity index (χ1) is 28.6. The molecule has 3 nitrogen and oxygen atoms in total. The maximum Gasteiger partial charge on any atom is 0.212 e. The Morgan fingerprint density at radius 2 is 0.763 bits per heavy atom. The van der Waals surface area contributed by atoms with E-state index in [1.54, 1.807) is 11.1 Å². The highest BCUT2D eigenvalue weighted by Gasteiger charge is 2.25. The van der Waals surface area contributed by atoms with Gasteiger partial charge in [-0.15, -0.1) is 0 Å². The van der Waals surface area contributed by atoms with Crippen LogP contribution in [0.3, 0.4) is 0 Å². The van der Waals surface area contributed by atoms with E-state index in [2.05, 4.69) is 185 Å². The molecule has 0 spiro atoms. The number of nitrogens with zero attached hydrogens (tertiary/aromatic N) is 3. The molecule has 3 saturated carbocycles. The standard InChI is InChI=1S/2C19H24N.C18H22N/c1-14-8-4-7-11-17(14)19-12-18(15(2)13-20(19)3)16-9-5-6-10-16;1-14-8-4-7-11-17(14)19-12-15(2)18(13-20(19)3)16-9-5-6-10-16;1-14-7-3-6-10-17(14)18-12-11-16(13-19(18)2)15-8-4-5-9-15/h2*4,7-8,11-13,16H,5-6,9-10H2,1-3H3;3,6-7,10-13,15H,4-5,8-9H2,1-2H3/q3*+1. The highest BCUT2D eigenvalue weighted by Crippen LogP contribution is 2.38. The molecule has 9 rings (SSSR count). The normalized spacial score (nSPS) is 15.8. The third-order valence-electron chi connectivity index (χ3n) is 13.9. The Kier molecular flexibility index (Phi) is 13.9. The minimum Gasteiger partial charge on any atom is -0.201 e. The molecule has 3 aliphatic rings. The van der Waals surface area contributed by atoms with E-state index in [0.29, 0.717) is 0 Å². The van der Waals surface area contributed by atoms with Crippen molar-refractivity contribution in [2.75, 3.05) is 0 Å². The molecule has 0 radical (unpaired) electrons. The van der Waals surface area contributed by atoms with E-state index in [4.69, 9.17) is 0 Å². The summed E-state index contributed by atoms with van der Waals surface area (Å²) in [5, 5.41) is 0. The number of aromatic nitrogens is 3. The topological polar surface area (TPSA) is 11.6 Å². The number of hydrogen-bond donors (Lipinski definition) is 0. The zero-order valence-corrected chi connectivity index (χ0v) is 37.5. The fourth-order valence-corrected chi connectivity index (χ4v) is 10.4. The molecule has 0 unspecified atom stereocenters. The zero-order chi connectivity index (χ0) is 41.5. The van der Waals surface area contributed by atoms with Crippen LogP contribution in [0, 0.1) is 34.6 Å². The van der Waals surface area contributed by atoms with Crippen LogP contribution < -0.4 is 13.7 Å². The number of benzene rings is 3. The second-order valence-electron chi connectivity index (χ2n) is 18.2. The van der Waals surface area contributed by atoms with Crippen LogP contribution in [0.4, 0.5) is 0 Å². The van der Waals surface area contributed by atoms with Gasteiger partial charge in [0, 0.05) is 51.6 Å². The SMILES string of the molecule is Cc1ccccc1-c1cc(C)c(C2CCCC2)c[n+]1C.Cc1ccccc1-c1cc(C2CCCC2)c(C)c[n+]1C.Cc1ccccc1-c1ccc(C2CCCC2)c[n+]1C. The predicted octanol–water partition coefficient (Wildman–Crippen LogP) is 13.0. The molecule has 3 fully saturated rings. The van der Waals surface area contributed by atoms with Crippen molar-refractivity contribution in [3.63, 3.8) is 0 Å². The molecule has 3 heterocycles. The summed E-state index contributed by atoms with van der Waals surface area (Å²) in [6, 6.07) is 35.4. The lowest BCUT2D eigenvalue weighted by atomic mass is 9.92. The molecule has 0 bridgehead atoms. The van der Waals surface area contributed by atoms with Gasteiger partial charge in [-0.2, -0.15) is 0 Å². The van der Waals surface area contributed by atoms with E-state index in [1.165, 1.54) is 144 Å². The molecule has 3 heteroatoms. The number of pyridine rings is 3. The van der Waals surface area contributed by atoms with Crippen molar-refractivity contribution < 1.29 is 13.7 Å². The average Bonchev–Trinajstić information content (AvgIpc) is 4.06. The zero-order valence-electron chi connectivity index (χ0n) is 37.5. The molecular weight excluding hydrogens is 715 g/mol. The molecule has 0 aliphatic heterocycles. The van der Waals surface area contributed by atoms with Crippen molar-refractivity contribution in [1.29, 1.82) is 0 Å². The molecule has 0 amide bonds. The summed E-state index contributed by atoms with van der Waals surface area (Å²) in [5.41, 5.74) is 19.6. The molecule has 3 aliphatic carbocycles. The van der Waals surface area contributed by atoms with Gasteiger partial charge in [-0.1, -0.05) is 93.1 Å². The first-order valence-electron chi connectivity index (χ1n) is 22.8. The van der Waals surface area contributed by atoms with Crippen LogP contribution in [0.5, 0.6) is 0 Å². The van der Waals surface area contributed by atoms with Crippen LogP contribution in [0.2, 0.25) is 0 Å². The maximum absolute atomic E-state index is 2.44. The molecule has 3 aromatic heterocycles. The van der Waals surface area contributed by atoms with Crippen LogP contribution in [0.1, 0.15) is 139 Å². The summed E-state index contributed by atoms with van der Waals surface area (Å²) >= 11 is 0. The average molecular weight is 785 g/mol. The minimum absolute atomic E-state index is 0.777. The second kappa shape index (κ2) is 19.4. The van der Waals surface area contributed by atoms with Gasteiger partial charge >= 0.3 is 0 Å². The van der Waals surface area contributed by atoms with Gasteiger partial charge in [-0.25, -0.2) is 13.7 Å². The van der Waals surface area contributed by atoms with Crippen molar-refractivity contribution in [1.82, 2.24) is 0 Å². The number of aryl methyl sites for hydroxylation is 8. The van der Waals surface area contributed by atoms with Crippen molar-refractivity contribution in [3.05, 3.63) is 160 Å². The summed E-state index contributed by atoms with van der Waals surface area (Å²) in [7, 11) is 6.51. The molecule has 0 saturated heterocycles. The third-order valence-corrected chi connectivity index (χ3v) is 13.9. The highest BCUT2D eigenvalue weighted by atomic mass is 14.9. The van der Waals surface area contributed by atoms with E-state index in [9.17, 15) is 0 Å². The molecular formula is C56H70N3+3. The summed E-state index contributed by atoms with van der Waals surface area (Å²) in [6.45, 7) is 11.1. The lowest BCUT2D eigenvalue weighted by molar-refractivity contribution is -0.661. The van der Waals surface area contributed by atoms with Crippen molar-refractivity contribution in [3.8, 4) is 33.8 Å². The quantitative estimate of drug-likeness (QED) is 0.149. The lowest BCUT2D eigenvalue weighted by Crippen LogP contribution is -2.32. The Bertz CT molecular complexity index is 2350. The van der Waals surface area contributed by atoms with Gasteiger partial charge in [0.1, 0.15) is 21.1 Å². The smallest absolute Gasteiger partial charge is 0.201 e. The van der Waals surface area contributed by atoms with Crippen molar-refractivity contribution in [2.24, 2.45) is 21.1 Å². The van der Waals surface area contributed by atoms with Gasteiger partial charge in [0.15, 0.2) is 18.6 Å². The van der Waals surface area contributed by atoms with Gasteiger partial charge in [0.25, 0.3) is 0 Å². The Balaban J connectivity index is 0.000000134. The van der Waals surface area contributed by atoms with Gasteiger partial charge in [-0.05, 0) is 143 Å². The fraction of sp³-hybridized carbons (Fsp3) is 0.411. The summed E-state index contributed by atoms with van der Waals surface area (Å²) < 4.78 is 6.87. The van der Waals surface area contributed by atoms with Crippen LogP contribution >= 0.6 is 0 Å². The first kappa shape index (κ1) is 42.2. The van der Waals surface area contributed by atoms with Crippen LogP contribution in [-0.2, 0) is 21.1 Å². The van der Waals surface area contributed by atoms with Crippen LogP contribution in [-0.4, -0.2) is 0 Å². The largest absolute Gasteiger partial charge is 0.212 e. The second-order valence-corrected chi connectivity index (χ2v) is 18.2. The highest BCUT2D eigenvalue weighted by molar-refractivity contribution is 5.63. The van der Waals surface area contributed by atoms with Gasteiger partial charge < -0.3 is 0 Å². The predicted molar refractivity (Wildman–Crippen MR) is 246 cm³/mol. The molecule has 59 heavy (non-hydrogen) atoms. The third kappa shape index (κ3) is 9.95. The Labute approximate surface area is 356 Å². The Hall–Kier alpha value is -4.89. The minimum atomic E-state index is 0.777. The van der Waals surface area contributed by atoms with Gasteiger partial charge in [0.2, 0.25) is 17.1 Å². The van der Waals surface area contributed by atoms with Crippen LogP contribution in [0.25, 0.3) is 33.8 Å². The van der Waals surface area contributed by atoms with Gasteiger partial charge in [-0.3, -0.25) is 0 Å².